The van der Waals surface area contributed by atoms with Crippen molar-refractivity contribution in [3.63, 3.8) is 0 Å². The molecule has 0 aliphatic rings. The number of carbonyl (C=O) groups is 1. The predicted molar refractivity (Wildman–Crippen MR) is 90.3 cm³/mol. The smallest absolute Gasteiger partial charge is 0.250 e. The van der Waals surface area contributed by atoms with Crippen molar-refractivity contribution >= 4 is 23.3 Å². The van der Waals surface area contributed by atoms with Crippen LogP contribution in [0.2, 0.25) is 5.02 Å². The Bertz CT molecular complexity index is 737. The number of aromatic nitrogens is 1. The lowest BCUT2D eigenvalue weighted by molar-refractivity contribution is 0.1000. The van der Waals surface area contributed by atoms with Crippen LogP contribution in [0, 0.1) is 11.3 Å². The van der Waals surface area contributed by atoms with Crippen LogP contribution < -0.4 is 10.6 Å². The molecular formula is C17H17ClN4O. The van der Waals surface area contributed by atoms with E-state index < -0.39 is 5.91 Å². The first-order valence-electron chi connectivity index (χ1n) is 7.24. The van der Waals surface area contributed by atoms with E-state index in [1.165, 1.54) is 12.3 Å². The Hall–Kier alpha value is -2.58. The topological polar surface area (TPSA) is 83.0 Å². The van der Waals surface area contributed by atoms with Crippen molar-refractivity contribution in [2.75, 3.05) is 11.4 Å². The molecule has 118 valence electrons. The normalized spacial score (nSPS) is 10.1. The van der Waals surface area contributed by atoms with Crippen LogP contribution in [-0.2, 0) is 6.54 Å². The molecule has 1 amide bonds. The number of rotatable bonds is 6. The first-order valence-corrected chi connectivity index (χ1v) is 7.62. The fourth-order valence-electron chi connectivity index (χ4n) is 2.23. The number of hydrogen-bond donors (Lipinski definition) is 1. The van der Waals surface area contributed by atoms with Gasteiger partial charge in [-0.3, -0.25) is 4.79 Å². The lowest BCUT2D eigenvalue weighted by Gasteiger charge is -2.24. The maximum absolute atomic E-state index is 11.2. The van der Waals surface area contributed by atoms with Gasteiger partial charge in [0.15, 0.2) is 0 Å². The first kappa shape index (κ1) is 16.8. The molecule has 0 spiro atoms. The molecule has 0 atom stereocenters. The minimum absolute atomic E-state index is 0.286. The van der Waals surface area contributed by atoms with Crippen LogP contribution in [0.4, 0.5) is 5.82 Å². The SMILES string of the molecule is CCCN(Cc1ccc(C#N)cc1)c1ncc(C(N)=O)cc1Cl. The average Bonchev–Trinajstić information content (AvgIpc) is 2.55. The number of halogens is 1. The molecule has 0 aliphatic carbocycles. The van der Waals surface area contributed by atoms with E-state index in [0.717, 1.165) is 18.5 Å². The van der Waals surface area contributed by atoms with Gasteiger partial charge in [0.1, 0.15) is 5.82 Å². The molecule has 0 unspecified atom stereocenters. The molecule has 5 nitrogen and oxygen atoms in total. The van der Waals surface area contributed by atoms with Gasteiger partial charge in [0.05, 0.1) is 22.2 Å². The highest BCUT2D eigenvalue weighted by Gasteiger charge is 2.14. The van der Waals surface area contributed by atoms with E-state index in [2.05, 4.69) is 18.0 Å². The number of anilines is 1. The summed E-state index contributed by atoms with van der Waals surface area (Å²) < 4.78 is 0. The van der Waals surface area contributed by atoms with Gasteiger partial charge in [-0.2, -0.15) is 5.26 Å². The number of primary amides is 1. The van der Waals surface area contributed by atoms with Crippen LogP contribution in [0.5, 0.6) is 0 Å². The number of carbonyl (C=O) groups excluding carboxylic acids is 1. The van der Waals surface area contributed by atoms with E-state index in [1.54, 1.807) is 12.1 Å². The summed E-state index contributed by atoms with van der Waals surface area (Å²) in [6.07, 6.45) is 2.36. The Morgan fingerprint density at radius 2 is 2.09 bits per heavy atom. The second kappa shape index (κ2) is 7.61. The molecule has 2 aromatic rings. The minimum atomic E-state index is -0.555. The molecule has 0 bridgehead atoms. The third-order valence-corrected chi connectivity index (χ3v) is 3.63. The van der Waals surface area contributed by atoms with Crippen molar-refractivity contribution in [3.8, 4) is 6.07 Å². The second-order valence-corrected chi connectivity index (χ2v) is 5.53. The van der Waals surface area contributed by atoms with E-state index in [9.17, 15) is 4.79 Å². The van der Waals surface area contributed by atoms with Crippen molar-refractivity contribution in [1.82, 2.24) is 4.98 Å². The van der Waals surface area contributed by atoms with Gasteiger partial charge in [0.25, 0.3) is 0 Å². The molecule has 2 N–H and O–H groups in total. The molecule has 0 saturated carbocycles. The lowest BCUT2D eigenvalue weighted by Crippen LogP contribution is -2.25. The van der Waals surface area contributed by atoms with Crippen molar-refractivity contribution in [2.45, 2.75) is 19.9 Å². The molecule has 23 heavy (non-hydrogen) atoms. The van der Waals surface area contributed by atoms with Crippen LogP contribution in [0.15, 0.2) is 36.5 Å². The number of nitrogens with zero attached hydrogens (tertiary/aromatic N) is 3. The van der Waals surface area contributed by atoms with Gasteiger partial charge in [-0.05, 0) is 30.2 Å². The fourth-order valence-corrected chi connectivity index (χ4v) is 2.52. The van der Waals surface area contributed by atoms with Gasteiger partial charge in [0, 0.05) is 19.3 Å². The van der Waals surface area contributed by atoms with E-state index in [1.807, 2.05) is 17.0 Å². The monoisotopic (exact) mass is 328 g/mol. The van der Waals surface area contributed by atoms with E-state index >= 15 is 0 Å². The van der Waals surface area contributed by atoms with Gasteiger partial charge in [-0.25, -0.2) is 4.98 Å². The summed E-state index contributed by atoms with van der Waals surface area (Å²) in [6, 6.07) is 11.0. The first-order chi connectivity index (χ1) is 11.0. The third-order valence-electron chi connectivity index (χ3n) is 3.36. The summed E-state index contributed by atoms with van der Waals surface area (Å²) in [5.41, 5.74) is 7.20. The number of nitriles is 1. The Labute approximate surface area is 140 Å². The molecule has 0 saturated heterocycles. The van der Waals surface area contributed by atoms with Crippen LogP contribution in [-0.4, -0.2) is 17.4 Å². The number of hydrogen-bond acceptors (Lipinski definition) is 4. The van der Waals surface area contributed by atoms with Crippen molar-refractivity contribution in [1.29, 1.82) is 5.26 Å². The summed E-state index contributed by atoms with van der Waals surface area (Å²) in [5.74, 6) is 0.0583. The second-order valence-electron chi connectivity index (χ2n) is 5.12. The lowest BCUT2D eigenvalue weighted by atomic mass is 10.1. The summed E-state index contributed by atoms with van der Waals surface area (Å²) in [7, 11) is 0. The van der Waals surface area contributed by atoms with Gasteiger partial charge in [0.2, 0.25) is 5.91 Å². The Morgan fingerprint density at radius 1 is 1.39 bits per heavy atom. The zero-order valence-corrected chi connectivity index (χ0v) is 13.5. The van der Waals surface area contributed by atoms with E-state index in [0.29, 0.717) is 22.9 Å². The fraction of sp³-hybridized carbons (Fsp3) is 0.235. The summed E-state index contributed by atoms with van der Waals surface area (Å²) >= 11 is 6.26. The van der Waals surface area contributed by atoms with Crippen LogP contribution in [0.1, 0.15) is 34.8 Å². The van der Waals surface area contributed by atoms with Crippen molar-refractivity contribution in [2.24, 2.45) is 5.73 Å². The Balaban J connectivity index is 2.27. The molecule has 1 aromatic carbocycles. The van der Waals surface area contributed by atoms with Gasteiger partial charge < -0.3 is 10.6 Å². The predicted octanol–water partition coefficient (Wildman–Crippen LogP) is 3.12. The number of benzene rings is 1. The highest BCUT2D eigenvalue weighted by atomic mass is 35.5. The maximum atomic E-state index is 11.2. The summed E-state index contributed by atoms with van der Waals surface area (Å²) in [6.45, 7) is 3.45. The molecule has 2 rings (SSSR count). The number of pyridine rings is 1. The standard InChI is InChI=1S/C17H17ClN4O/c1-2-7-22(11-13-5-3-12(9-19)4-6-13)17-15(18)8-14(10-21-17)16(20)23/h3-6,8,10H,2,7,11H2,1H3,(H2,20,23). The molecule has 0 radical (unpaired) electrons. The third kappa shape index (κ3) is 4.21. The Kier molecular flexibility index (Phi) is 5.56. The highest BCUT2D eigenvalue weighted by Crippen LogP contribution is 2.26. The average molecular weight is 329 g/mol. The quantitative estimate of drug-likeness (QED) is 0.883. The zero-order valence-electron chi connectivity index (χ0n) is 12.8. The van der Waals surface area contributed by atoms with Crippen molar-refractivity contribution in [3.05, 3.63) is 58.2 Å². The summed E-state index contributed by atoms with van der Waals surface area (Å²) in [4.78, 5) is 17.5. The molecule has 1 aromatic heterocycles. The molecular weight excluding hydrogens is 312 g/mol. The number of amides is 1. The molecule has 0 aliphatic heterocycles. The van der Waals surface area contributed by atoms with Gasteiger partial charge in [-0.1, -0.05) is 30.7 Å². The maximum Gasteiger partial charge on any atom is 0.250 e. The van der Waals surface area contributed by atoms with Crippen LogP contribution in [0.25, 0.3) is 0 Å². The highest BCUT2D eigenvalue weighted by molar-refractivity contribution is 6.33. The van der Waals surface area contributed by atoms with Crippen molar-refractivity contribution < 1.29 is 4.79 Å². The number of nitrogens with two attached hydrogens (primary N) is 1. The van der Waals surface area contributed by atoms with E-state index in [4.69, 9.17) is 22.6 Å². The van der Waals surface area contributed by atoms with Gasteiger partial charge in [-0.15, -0.1) is 0 Å². The molecule has 6 heteroatoms. The van der Waals surface area contributed by atoms with Gasteiger partial charge >= 0.3 is 0 Å². The molecule has 0 fully saturated rings. The largest absolute Gasteiger partial charge is 0.366 e. The molecule has 1 heterocycles. The van der Waals surface area contributed by atoms with E-state index in [-0.39, 0.29) is 5.56 Å². The zero-order chi connectivity index (χ0) is 16.8. The minimum Gasteiger partial charge on any atom is -0.366 e. The van der Waals surface area contributed by atoms with Crippen LogP contribution in [0.3, 0.4) is 0 Å². The Morgan fingerprint density at radius 3 is 2.61 bits per heavy atom. The van der Waals surface area contributed by atoms with Crippen LogP contribution >= 0.6 is 11.6 Å². The summed E-state index contributed by atoms with van der Waals surface area (Å²) in [5, 5.41) is 9.25.